The zero-order chi connectivity index (χ0) is 39.4. The van der Waals surface area contributed by atoms with E-state index in [1.165, 1.54) is 23.0 Å². The number of ether oxygens (including phenoxy) is 2. The molecule has 3 saturated heterocycles. The van der Waals surface area contributed by atoms with Gasteiger partial charge in [0.15, 0.2) is 11.6 Å². The molecular formula is C40H39ClF3N9O3S. The third-order valence-corrected chi connectivity index (χ3v) is 14.3. The van der Waals surface area contributed by atoms with Crippen molar-refractivity contribution >= 4 is 60.8 Å². The minimum Gasteiger partial charge on any atom is -0.491 e. The molecule has 17 heteroatoms. The molecule has 5 aliphatic rings. The van der Waals surface area contributed by atoms with Crippen molar-refractivity contribution < 1.29 is 27.4 Å². The Morgan fingerprint density at radius 1 is 1.18 bits per heavy atom. The molecule has 296 valence electrons. The Balaban J connectivity index is 1.11. The van der Waals surface area contributed by atoms with Gasteiger partial charge in [0.25, 0.3) is 0 Å². The van der Waals surface area contributed by atoms with Crippen LogP contribution in [0.4, 0.5) is 28.8 Å². The third kappa shape index (κ3) is 5.71. The quantitative estimate of drug-likeness (QED) is 0.177. The average molecular weight is 818 g/mol. The number of carbonyl (C=O) groups is 1. The Bertz CT molecular complexity index is 2510. The number of nitrogens with zero attached hydrogens (tertiary/aromatic N) is 8. The zero-order valence-corrected chi connectivity index (χ0v) is 32.7. The number of anilines is 2. The third-order valence-electron chi connectivity index (χ3n) is 12.9. The number of fused-ring (bicyclic) bond motifs is 2. The second-order valence-corrected chi connectivity index (χ2v) is 17.8. The normalized spacial score (nSPS) is 25.2. The van der Waals surface area contributed by atoms with Gasteiger partial charge >= 0.3 is 12.0 Å². The molecule has 0 unspecified atom stereocenters. The molecule has 2 aromatic carbocycles. The fraction of sp³-hybridized carbons (Fsp3) is 0.475. The topological polar surface area (TPSA) is 139 Å². The number of alkyl halides is 1. The van der Waals surface area contributed by atoms with Crippen LogP contribution in [0.15, 0.2) is 30.9 Å². The maximum Gasteiger partial charge on any atom is 0.329 e. The summed E-state index contributed by atoms with van der Waals surface area (Å²) in [6.07, 6.45) is 8.33. The van der Waals surface area contributed by atoms with Crippen molar-refractivity contribution in [1.29, 1.82) is 5.26 Å². The van der Waals surface area contributed by atoms with Crippen LogP contribution in [0.3, 0.4) is 0 Å². The molecule has 12 nitrogen and oxygen atoms in total. The summed E-state index contributed by atoms with van der Waals surface area (Å²) in [5, 5.41) is 10.5. The van der Waals surface area contributed by atoms with E-state index in [0.29, 0.717) is 44.8 Å². The number of nitrogen functional groups attached to an aromatic ring is 1. The average Bonchev–Trinajstić information content (AvgIpc) is 3.60. The van der Waals surface area contributed by atoms with Crippen LogP contribution in [0, 0.1) is 34.3 Å². The van der Waals surface area contributed by atoms with Crippen molar-refractivity contribution in [3.05, 3.63) is 53.1 Å². The van der Waals surface area contributed by atoms with E-state index in [9.17, 15) is 14.4 Å². The monoisotopic (exact) mass is 817 g/mol. The minimum absolute atomic E-state index is 0.0188. The van der Waals surface area contributed by atoms with Gasteiger partial charge in [-0.05, 0) is 55.7 Å². The summed E-state index contributed by atoms with van der Waals surface area (Å²) >= 11 is 8.09. The van der Waals surface area contributed by atoms with Crippen LogP contribution in [0.5, 0.6) is 11.8 Å². The molecule has 1 aliphatic carbocycles. The molecule has 57 heavy (non-hydrogen) atoms. The van der Waals surface area contributed by atoms with Gasteiger partial charge in [0, 0.05) is 67.9 Å². The molecule has 1 saturated carbocycles. The van der Waals surface area contributed by atoms with Crippen molar-refractivity contribution in [3.8, 4) is 29.0 Å². The molecule has 2 N–H and O–H groups in total. The molecule has 1 amide bonds. The minimum atomic E-state index is -0.974. The lowest BCUT2D eigenvalue weighted by Gasteiger charge is -2.52. The van der Waals surface area contributed by atoms with Gasteiger partial charge in [0.05, 0.1) is 32.8 Å². The summed E-state index contributed by atoms with van der Waals surface area (Å²) in [7, 11) is 0. The van der Waals surface area contributed by atoms with Crippen LogP contribution < -0.4 is 20.1 Å². The molecule has 0 radical (unpaired) electrons. The maximum absolute atomic E-state index is 17.6. The Morgan fingerprint density at radius 3 is 2.79 bits per heavy atom. The van der Waals surface area contributed by atoms with Gasteiger partial charge in [0.1, 0.15) is 47.3 Å². The van der Waals surface area contributed by atoms with Gasteiger partial charge in [0.2, 0.25) is 0 Å². The number of carbonyl (C=O) groups excluding carboxylic acids is 1. The Hall–Kier alpha value is -4.85. The maximum atomic E-state index is 17.6. The number of halogens is 4. The molecule has 5 aromatic rings. The van der Waals surface area contributed by atoms with Crippen LogP contribution in [0.1, 0.15) is 51.0 Å². The van der Waals surface area contributed by atoms with E-state index in [4.69, 9.17) is 31.8 Å². The van der Waals surface area contributed by atoms with Crippen LogP contribution in [0.25, 0.3) is 32.1 Å². The SMILES string of the molecule is CC1([C@@H]2[C@H](CN3CCCOc4c(Cl)c(-c5ccc(F)c6sc(N)c(C#N)c56)c(F)c5nc(OC[C@@]67CCCN6C[C@H](F)C7)nc3c45)CN2C(=O)n2ccnc2)CC1. The highest BCUT2D eigenvalue weighted by Crippen LogP contribution is 2.56. The molecule has 10 rings (SSSR count). The summed E-state index contributed by atoms with van der Waals surface area (Å²) in [5.74, 6) is -0.842. The van der Waals surface area contributed by atoms with E-state index in [-0.39, 0.29) is 96.1 Å². The van der Waals surface area contributed by atoms with Crippen LogP contribution >= 0.6 is 22.9 Å². The van der Waals surface area contributed by atoms with Gasteiger partial charge in [-0.15, -0.1) is 11.3 Å². The van der Waals surface area contributed by atoms with Crippen molar-refractivity contribution in [3.63, 3.8) is 0 Å². The number of likely N-dealkylation sites (tertiary alicyclic amines) is 1. The number of rotatable bonds is 7. The van der Waals surface area contributed by atoms with E-state index >= 15 is 8.78 Å². The molecule has 7 heterocycles. The molecule has 0 spiro atoms. The predicted molar refractivity (Wildman–Crippen MR) is 210 cm³/mol. The van der Waals surface area contributed by atoms with Gasteiger partial charge in [-0.25, -0.2) is 22.9 Å². The number of nitriles is 1. The van der Waals surface area contributed by atoms with E-state index in [1.54, 1.807) is 12.4 Å². The first-order chi connectivity index (χ1) is 27.5. The number of hydrogen-bond donors (Lipinski definition) is 1. The smallest absolute Gasteiger partial charge is 0.329 e. The first kappa shape index (κ1) is 36.5. The van der Waals surface area contributed by atoms with E-state index in [1.807, 2.05) is 4.90 Å². The number of nitrogens with two attached hydrogens (primary N) is 1. The molecule has 0 bridgehead atoms. The number of aromatic nitrogens is 4. The lowest BCUT2D eigenvalue weighted by molar-refractivity contribution is 0.0106. The fourth-order valence-corrected chi connectivity index (χ4v) is 11.2. The Labute approximate surface area is 334 Å². The van der Waals surface area contributed by atoms with Gasteiger partial charge in [-0.1, -0.05) is 24.6 Å². The van der Waals surface area contributed by atoms with Crippen molar-refractivity contribution in [2.45, 2.75) is 63.2 Å². The highest BCUT2D eigenvalue weighted by Gasteiger charge is 2.58. The first-order valence-corrected chi connectivity index (χ1v) is 20.5. The van der Waals surface area contributed by atoms with Crippen LogP contribution in [-0.2, 0) is 0 Å². The molecule has 4 fully saturated rings. The Kier molecular flexibility index (Phi) is 8.55. The van der Waals surface area contributed by atoms with Gasteiger partial charge < -0.3 is 25.0 Å². The van der Waals surface area contributed by atoms with Gasteiger partial charge in [-0.2, -0.15) is 15.2 Å². The summed E-state index contributed by atoms with van der Waals surface area (Å²) in [4.78, 5) is 33.4. The van der Waals surface area contributed by atoms with E-state index in [0.717, 1.165) is 43.6 Å². The highest BCUT2D eigenvalue weighted by molar-refractivity contribution is 7.23. The molecule has 4 aliphatic heterocycles. The number of thiophene rings is 1. The van der Waals surface area contributed by atoms with Crippen molar-refractivity contribution in [1.82, 2.24) is 29.3 Å². The summed E-state index contributed by atoms with van der Waals surface area (Å²) in [6, 6.07) is 4.39. The van der Waals surface area contributed by atoms with E-state index in [2.05, 4.69) is 32.8 Å². The van der Waals surface area contributed by atoms with Crippen molar-refractivity contribution in [2.24, 2.45) is 11.3 Å². The predicted octanol–water partition coefficient (Wildman–Crippen LogP) is 7.41. The number of hydrogen-bond acceptors (Lipinski definition) is 11. The summed E-state index contributed by atoms with van der Waals surface area (Å²) in [5.41, 5.74) is 5.55. The Morgan fingerprint density at radius 2 is 2.02 bits per heavy atom. The van der Waals surface area contributed by atoms with Crippen molar-refractivity contribution in [2.75, 3.05) is 56.6 Å². The molecule has 4 atom stereocenters. The second-order valence-electron chi connectivity index (χ2n) is 16.4. The number of benzene rings is 2. The first-order valence-electron chi connectivity index (χ1n) is 19.3. The number of imidazole rings is 1. The van der Waals surface area contributed by atoms with Crippen LogP contribution in [-0.4, -0.2) is 99.0 Å². The largest absolute Gasteiger partial charge is 0.491 e. The highest BCUT2D eigenvalue weighted by atomic mass is 35.5. The van der Waals surface area contributed by atoms with E-state index < -0.39 is 23.3 Å². The molecular weight excluding hydrogens is 779 g/mol. The zero-order valence-electron chi connectivity index (χ0n) is 31.1. The fourth-order valence-electron chi connectivity index (χ4n) is 9.95. The lowest BCUT2D eigenvalue weighted by atomic mass is 9.78. The summed E-state index contributed by atoms with van der Waals surface area (Å²) in [6.45, 7) is 5.19. The lowest BCUT2D eigenvalue weighted by Crippen LogP contribution is -2.65. The number of amides is 1. The standard InChI is InChI=1S/C40H39ClF3N9O3S/c1-39(7-8-39)34-21(17-53(34)38(54)51-12-9-47-20-51)16-50-10-3-13-55-32-28-31(48-37(49-36(28)50)56-19-40-6-2-11-52(40)18-22(42)14-40)30(44)27(29(32)41)23-4-5-25(43)33-26(23)24(15-45)35(46)57-33/h4-5,9,12,20-22,34H,2-3,6-8,10-11,13-14,16-19,46H2,1H3/t21-,22-,34+,40+/m1/s1. The molecule has 3 aromatic heterocycles. The second kappa shape index (κ2) is 13.4. The summed E-state index contributed by atoms with van der Waals surface area (Å²) < 4.78 is 61.9. The van der Waals surface area contributed by atoms with Crippen LogP contribution in [0.2, 0.25) is 5.02 Å². The van der Waals surface area contributed by atoms with Gasteiger partial charge in [-0.3, -0.25) is 9.47 Å².